The molecular weight excluding hydrogens is 260 g/mol. The third-order valence-corrected chi connectivity index (χ3v) is 3.20. The summed E-state index contributed by atoms with van der Waals surface area (Å²) in [6.07, 6.45) is 2.49. The predicted octanol–water partition coefficient (Wildman–Crippen LogP) is 3.12. The fourth-order valence-corrected chi connectivity index (χ4v) is 2.16. The van der Waals surface area contributed by atoms with E-state index in [-0.39, 0.29) is 6.04 Å². The lowest BCUT2D eigenvalue weighted by molar-refractivity contribution is 0.316. The van der Waals surface area contributed by atoms with Crippen molar-refractivity contribution in [3.05, 3.63) is 64.9 Å². The molecule has 2 heterocycles. The van der Waals surface area contributed by atoms with Crippen LogP contribution in [0, 0.1) is 0 Å². The summed E-state index contributed by atoms with van der Waals surface area (Å²) >= 11 is 5.81. The zero-order valence-corrected chi connectivity index (χ0v) is 11.0. The Bertz CT molecular complexity index is 581. The smallest absolute Gasteiger partial charge is 0.235 e. The molecule has 1 aliphatic rings. The molecule has 0 saturated heterocycles. The lowest BCUT2D eigenvalue weighted by Gasteiger charge is -2.03. The van der Waals surface area contributed by atoms with Gasteiger partial charge in [-0.15, -0.1) is 0 Å². The van der Waals surface area contributed by atoms with E-state index in [2.05, 4.69) is 22.1 Å². The summed E-state index contributed by atoms with van der Waals surface area (Å²) in [5.74, 6) is 0.609. The second-order valence-corrected chi connectivity index (χ2v) is 4.89. The first kappa shape index (κ1) is 12.2. The van der Waals surface area contributed by atoms with Crippen LogP contribution in [0.15, 0.2) is 53.7 Å². The second kappa shape index (κ2) is 5.41. The van der Waals surface area contributed by atoms with Crippen LogP contribution in [0.2, 0.25) is 5.02 Å². The molecule has 0 unspecified atom stereocenters. The van der Waals surface area contributed by atoms with Gasteiger partial charge in [0.05, 0.1) is 11.1 Å². The molecular formula is C15H13ClN2O. The van der Waals surface area contributed by atoms with Gasteiger partial charge in [-0.25, -0.2) is 9.98 Å². The van der Waals surface area contributed by atoms with Crippen molar-refractivity contribution in [3.8, 4) is 0 Å². The van der Waals surface area contributed by atoms with Gasteiger partial charge in [0.15, 0.2) is 0 Å². The topological polar surface area (TPSA) is 34.5 Å². The molecule has 1 atom stereocenters. The number of hydrogen-bond acceptors (Lipinski definition) is 3. The van der Waals surface area contributed by atoms with E-state index in [0.717, 1.165) is 12.1 Å². The number of aliphatic imine (C=N–C) groups is 1. The number of nitrogens with zero attached hydrogens (tertiary/aromatic N) is 2. The molecule has 0 N–H and O–H groups in total. The molecule has 3 rings (SSSR count). The quantitative estimate of drug-likeness (QED) is 0.860. The molecule has 4 heteroatoms. The first-order valence-electron chi connectivity index (χ1n) is 6.18. The number of benzene rings is 1. The molecule has 0 fully saturated rings. The number of rotatable bonds is 3. The van der Waals surface area contributed by atoms with Gasteiger partial charge in [0.25, 0.3) is 0 Å². The van der Waals surface area contributed by atoms with E-state index in [9.17, 15) is 0 Å². The second-order valence-electron chi connectivity index (χ2n) is 4.45. The highest BCUT2D eigenvalue weighted by Crippen LogP contribution is 2.16. The normalized spacial score (nSPS) is 17.9. The summed E-state index contributed by atoms with van der Waals surface area (Å²) in [4.78, 5) is 8.79. The van der Waals surface area contributed by atoms with Crippen molar-refractivity contribution in [1.29, 1.82) is 0 Å². The van der Waals surface area contributed by atoms with E-state index in [4.69, 9.17) is 16.3 Å². The summed E-state index contributed by atoms with van der Waals surface area (Å²) in [7, 11) is 0. The van der Waals surface area contributed by atoms with Crippen LogP contribution in [0.5, 0.6) is 0 Å². The monoisotopic (exact) mass is 272 g/mol. The van der Waals surface area contributed by atoms with Crippen LogP contribution < -0.4 is 0 Å². The van der Waals surface area contributed by atoms with E-state index in [0.29, 0.717) is 17.5 Å². The average Bonchev–Trinajstić information content (AvgIpc) is 2.89. The molecule has 3 nitrogen and oxygen atoms in total. The molecule has 0 saturated carbocycles. The Morgan fingerprint density at radius 3 is 2.74 bits per heavy atom. The molecule has 1 aromatic heterocycles. The first-order chi connectivity index (χ1) is 9.31. The van der Waals surface area contributed by atoms with Gasteiger partial charge in [0.1, 0.15) is 12.3 Å². The number of halogens is 1. The standard InChI is InChI=1S/C15H13ClN2O/c16-12-6-7-14(17-9-12)15-18-13(10-19-15)8-11-4-2-1-3-5-11/h1-7,9,13H,8,10H2/t13-/m0/s1. The van der Waals surface area contributed by atoms with Crippen LogP contribution in [-0.2, 0) is 11.2 Å². The van der Waals surface area contributed by atoms with Crippen LogP contribution in [0.4, 0.5) is 0 Å². The fourth-order valence-electron chi connectivity index (χ4n) is 2.05. The Labute approximate surface area is 116 Å². The van der Waals surface area contributed by atoms with Crippen molar-refractivity contribution in [2.45, 2.75) is 12.5 Å². The third-order valence-electron chi connectivity index (χ3n) is 2.97. The van der Waals surface area contributed by atoms with Crippen LogP contribution in [0.25, 0.3) is 0 Å². The van der Waals surface area contributed by atoms with Gasteiger partial charge in [-0.05, 0) is 24.1 Å². The molecule has 0 bridgehead atoms. The van der Waals surface area contributed by atoms with Crippen molar-refractivity contribution < 1.29 is 4.74 Å². The molecule has 1 aliphatic heterocycles. The molecule has 0 spiro atoms. The van der Waals surface area contributed by atoms with Gasteiger partial charge in [-0.1, -0.05) is 41.9 Å². The van der Waals surface area contributed by atoms with Crippen LogP contribution in [0.3, 0.4) is 0 Å². The maximum atomic E-state index is 5.81. The zero-order valence-electron chi connectivity index (χ0n) is 10.3. The minimum atomic E-state index is 0.162. The summed E-state index contributed by atoms with van der Waals surface area (Å²) in [5, 5.41) is 0.614. The zero-order chi connectivity index (χ0) is 13.1. The molecule has 19 heavy (non-hydrogen) atoms. The molecule has 1 aromatic carbocycles. The van der Waals surface area contributed by atoms with Crippen molar-refractivity contribution in [3.63, 3.8) is 0 Å². The van der Waals surface area contributed by atoms with Gasteiger partial charge < -0.3 is 4.74 Å². The van der Waals surface area contributed by atoms with Crippen LogP contribution >= 0.6 is 11.6 Å². The molecule has 96 valence electrons. The average molecular weight is 273 g/mol. The minimum absolute atomic E-state index is 0.162. The maximum absolute atomic E-state index is 5.81. The lowest BCUT2D eigenvalue weighted by Crippen LogP contribution is -2.09. The van der Waals surface area contributed by atoms with Crippen molar-refractivity contribution >= 4 is 17.5 Å². The first-order valence-corrected chi connectivity index (χ1v) is 6.55. The lowest BCUT2D eigenvalue weighted by atomic mass is 10.1. The number of hydrogen-bond donors (Lipinski definition) is 0. The Kier molecular flexibility index (Phi) is 3.47. The Balaban J connectivity index is 1.72. The van der Waals surface area contributed by atoms with Crippen molar-refractivity contribution in [2.75, 3.05) is 6.61 Å². The van der Waals surface area contributed by atoms with Gasteiger partial charge >= 0.3 is 0 Å². The van der Waals surface area contributed by atoms with E-state index < -0.39 is 0 Å². The van der Waals surface area contributed by atoms with Crippen LogP contribution in [0.1, 0.15) is 11.3 Å². The van der Waals surface area contributed by atoms with E-state index in [1.807, 2.05) is 24.3 Å². The highest BCUT2D eigenvalue weighted by Gasteiger charge is 2.21. The number of ether oxygens (including phenoxy) is 1. The largest absolute Gasteiger partial charge is 0.474 e. The number of aromatic nitrogens is 1. The van der Waals surface area contributed by atoms with E-state index in [1.165, 1.54) is 5.56 Å². The molecule has 0 aliphatic carbocycles. The van der Waals surface area contributed by atoms with E-state index >= 15 is 0 Å². The highest BCUT2D eigenvalue weighted by atomic mass is 35.5. The van der Waals surface area contributed by atoms with Crippen molar-refractivity contribution in [2.24, 2.45) is 4.99 Å². The van der Waals surface area contributed by atoms with Gasteiger partial charge in [-0.2, -0.15) is 0 Å². The summed E-state index contributed by atoms with van der Waals surface area (Å²) in [6, 6.07) is 14.1. The Morgan fingerprint density at radius 2 is 2.00 bits per heavy atom. The minimum Gasteiger partial charge on any atom is -0.474 e. The summed E-state index contributed by atoms with van der Waals surface area (Å²) in [6.45, 7) is 0.606. The molecule has 2 aromatic rings. The Hall–Kier alpha value is -1.87. The predicted molar refractivity (Wildman–Crippen MR) is 75.7 cm³/mol. The summed E-state index contributed by atoms with van der Waals surface area (Å²) < 4.78 is 5.61. The van der Waals surface area contributed by atoms with Crippen LogP contribution in [-0.4, -0.2) is 23.5 Å². The third kappa shape index (κ3) is 2.93. The highest BCUT2D eigenvalue weighted by molar-refractivity contribution is 6.30. The molecule has 0 amide bonds. The van der Waals surface area contributed by atoms with E-state index in [1.54, 1.807) is 12.3 Å². The molecule has 0 radical (unpaired) electrons. The summed E-state index contributed by atoms with van der Waals surface area (Å²) in [5.41, 5.74) is 2.00. The van der Waals surface area contributed by atoms with Crippen molar-refractivity contribution in [1.82, 2.24) is 4.98 Å². The maximum Gasteiger partial charge on any atom is 0.235 e. The number of pyridine rings is 1. The van der Waals surface area contributed by atoms with Gasteiger partial charge in [0.2, 0.25) is 5.90 Å². The van der Waals surface area contributed by atoms with Gasteiger partial charge in [0, 0.05) is 6.20 Å². The Morgan fingerprint density at radius 1 is 1.16 bits per heavy atom. The van der Waals surface area contributed by atoms with Gasteiger partial charge in [-0.3, -0.25) is 0 Å². The SMILES string of the molecule is Clc1ccc(C2=N[C@@H](Cc3ccccc3)CO2)nc1. The fraction of sp³-hybridized carbons (Fsp3) is 0.200.